The number of anilines is 2. The Morgan fingerprint density at radius 3 is 2.41 bits per heavy atom. The van der Waals surface area contributed by atoms with E-state index in [9.17, 15) is 13.2 Å². The fourth-order valence-electron chi connectivity index (χ4n) is 3.21. The number of halogens is 1. The van der Waals surface area contributed by atoms with E-state index in [1.54, 1.807) is 24.3 Å². The van der Waals surface area contributed by atoms with Gasteiger partial charge in [-0.1, -0.05) is 36.7 Å². The molecule has 0 radical (unpaired) electrons. The van der Waals surface area contributed by atoms with E-state index in [2.05, 4.69) is 10.0 Å². The van der Waals surface area contributed by atoms with Gasteiger partial charge in [-0.15, -0.1) is 0 Å². The Morgan fingerprint density at radius 2 is 1.75 bits per heavy atom. The van der Waals surface area contributed by atoms with Crippen molar-refractivity contribution in [2.45, 2.75) is 32.1 Å². The number of ether oxygens (including phenoxy) is 1. The first-order chi connectivity index (χ1) is 15.2. The molecule has 0 aliphatic carbocycles. The highest BCUT2D eigenvalue weighted by atomic mass is 35.5. The summed E-state index contributed by atoms with van der Waals surface area (Å²) < 4.78 is 34.6. The van der Waals surface area contributed by atoms with E-state index in [1.165, 1.54) is 18.2 Å². The van der Waals surface area contributed by atoms with Crippen LogP contribution in [0.1, 0.15) is 35.3 Å². The molecule has 0 saturated carbocycles. The molecule has 168 valence electrons. The molecular weight excluding hydrogens is 448 g/mol. The van der Waals surface area contributed by atoms with Gasteiger partial charge >= 0.3 is 0 Å². The van der Waals surface area contributed by atoms with Gasteiger partial charge in [0, 0.05) is 10.6 Å². The number of sulfonamides is 1. The third-order valence-electron chi connectivity index (χ3n) is 4.89. The van der Waals surface area contributed by atoms with Gasteiger partial charge < -0.3 is 10.1 Å². The van der Waals surface area contributed by atoms with Crippen LogP contribution in [0.15, 0.2) is 65.6 Å². The van der Waals surface area contributed by atoms with Crippen molar-refractivity contribution in [3.63, 3.8) is 0 Å². The largest absolute Gasteiger partial charge is 0.492 e. The van der Waals surface area contributed by atoms with Gasteiger partial charge in [-0.25, -0.2) is 8.42 Å². The number of hydrogen-bond acceptors (Lipinski definition) is 4. The van der Waals surface area contributed by atoms with Crippen LogP contribution in [0, 0.1) is 6.92 Å². The smallest absolute Gasteiger partial charge is 0.261 e. The first kappa shape index (κ1) is 23.6. The first-order valence-electron chi connectivity index (χ1n) is 10.2. The van der Waals surface area contributed by atoms with E-state index >= 15 is 0 Å². The monoisotopic (exact) mass is 472 g/mol. The summed E-state index contributed by atoms with van der Waals surface area (Å²) in [6.45, 7) is 5.99. The van der Waals surface area contributed by atoms with Gasteiger partial charge in [0.25, 0.3) is 15.9 Å². The van der Waals surface area contributed by atoms with Crippen LogP contribution in [0.4, 0.5) is 11.4 Å². The number of para-hydroxylation sites is 1. The molecule has 3 aromatic rings. The lowest BCUT2D eigenvalue weighted by molar-refractivity contribution is 0.102. The van der Waals surface area contributed by atoms with Crippen molar-refractivity contribution in [3.05, 3.63) is 82.4 Å². The number of amides is 1. The van der Waals surface area contributed by atoms with Crippen LogP contribution in [0.3, 0.4) is 0 Å². The van der Waals surface area contributed by atoms with Crippen molar-refractivity contribution in [3.8, 4) is 5.75 Å². The minimum Gasteiger partial charge on any atom is -0.492 e. The van der Waals surface area contributed by atoms with E-state index in [1.807, 2.05) is 39.0 Å². The molecule has 0 atom stereocenters. The molecule has 0 aliphatic rings. The number of carbonyl (C=O) groups is 1. The average molecular weight is 473 g/mol. The van der Waals surface area contributed by atoms with Crippen molar-refractivity contribution < 1.29 is 17.9 Å². The van der Waals surface area contributed by atoms with Gasteiger partial charge in [-0.3, -0.25) is 9.52 Å². The van der Waals surface area contributed by atoms with E-state index in [4.69, 9.17) is 16.3 Å². The molecule has 2 N–H and O–H groups in total. The van der Waals surface area contributed by atoms with E-state index in [-0.39, 0.29) is 10.6 Å². The van der Waals surface area contributed by atoms with Crippen molar-refractivity contribution >= 4 is 38.9 Å². The summed E-state index contributed by atoms with van der Waals surface area (Å²) in [5.41, 5.74) is 2.94. The molecule has 32 heavy (non-hydrogen) atoms. The minimum atomic E-state index is -3.90. The molecule has 0 unspecified atom stereocenters. The van der Waals surface area contributed by atoms with Crippen LogP contribution in [-0.4, -0.2) is 20.9 Å². The molecule has 6 nitrogen and oxygen atoms in total. The van der Waals surface area contributed by atoms with E-state index in [0.717, 1.165) is 11.1 Å². The number of benzene rings is 3. The number of hydrogen-bond donors (Lipinski definition) is 2. The van der Waals surface area contributed by atoms with Crippen LogP contribution in [0.25, 0.3) is 0 Å². The predicted octanol–water partition coefficient (Wildman–Crippen LogP) is 5.66. The molecule has 1 amide bonds. The summed E-state index contributed by atoms with van der Waals surface area (Å²) in [4.78, 5) is 12.7. The van der Waals surface area contributed by atoms with Crippen molar-refractivity contribution in [1.29, 1.82) is 0 Å². The maximum absolute atomic E-state index is 13.2. The van der Waals surface area contributed by atoms with Crippen molar-refractivity contribution in [2.24, 2.45) is 0 Å². The summed E-state index contributed by atoms with van der Waals surface area (Å²) >= 11 is 5.89. The van der Waals surface area contributed by atoms with Gasteiger partial charge in [0.15, 0.2) is 0 Å². The van der Waals surface area contributed by atoms with Crippen LogP contribution < -0.4 is 14.8 Å². The average Bonchev–Trinajstić information content (AvgIpc) is 2.76. The standard InChI is InChI=1S/C24H25ClN2O4S/c1-4-17-8-6-7-16(3)23(17)27-32(29,30)20-13-14-22(31-5-2)21(15-20)26-24(28)18-9-11-19(25)12-10-18/h6-15,27H,4-5H2,1-3H3,(H,26,28). The van der Waals surface area contributed by atoms with Gasteiger partial charge in [-0.2, -0.15) is 0 Å². The summed E-state index contributed by atoms with van der Waals surface area (Å²) in [5.74, 6) is -0.0313. The number of nitrogens with one attached hydrogen (secondary N) is 2. The predicted molar refractivity (Wildman–Crippen MR) is 128 cm³/mol. The molecule has 0 fully saturated rings. The zero-order valence-corrected chi connectivity index (χ0v) is 19.7. The molecular formula is C24H25ClN2O4S. The van der Waals surface area contributed by atoms with Crippen molar-refractivity contribution in [2.75, 3.05) is 16.6 Å². The summed E-state index contributed by atoms with van der Waals surface area (Å²) in [6.07, 6.45) is 0.686. The zero-order valence-electron chi connectivity index (χ0n) is 18.1. The van der Waals surface area contributed by atoms with E-state index < -0.39 is 15.9 Å². The molecule has 8 heteroatoms. The quantitative estimate of drug-likeness (QED) is 0.442. The molecule has 0 saturated heterocycles. The normalized spacial score (nSPS) is 11.1. The van der Waals surface area contributed by atoms with Crippen LogP contribution >= 0.6 is 11.6 Å². The lowest BCUT2D eigenvalue weighted by atomic mass is 10.1. The topological polar surface area (TPSA) is 84.5 Å². The van der Waals surface area contributed by atoms with Gasteiger partial charge in [0.1, 0.15) is 5.75 Å². The molecule has 0 bridgehead atoms. The second kappa shape index (κ2) is 10.1. The molecule has 0 spiro atoms. The molecule has 0 aromatic heterocycles. The second-order valence-electron chi connectivity index (χ2n) is 7.12. The molecule has 3 aromatic carbocycles. The Labute approximate surface area is 193 Å². The lowest BCUT2D eigenvalue weighted by Gasteiger charge is -2.16. The lowest BCUT2D eigenvalue weighted by Crippen LogP contribution is -2.17. The number of aryl methyl sites for hydroxylation is 2. The Kier molecular flexibility index (Phi) is 7.43. The van der Waals surface area contributed by atoms with Crippen LogP contribution in [0.5, 0.6) is 5.75 Å². The Bertz CT molecular complexity index is 1230. The van der Waals surface area contributed by atoms with Crippen LogP contribution in [-0.2, 0) is 16.4 Å². The Hall–Kier alpha value is -3.03. The minimum absolute atomic E-state index is 0.0117. The van der Waals surface area contributed by atoms with Crippen LogP contribution in [0.2, 0.25) is 5.02 Å². The molecule has 3 rings (SSSR count). The Balaban J connectivity index is 1.95. The number of carbonyl (C=O) groups excluding carboxylic acids is 1. The maximum Gasteiger partial charge on any atom is 0.261 e. The first-order valence-corrected chi connectivity index (χ1v) is 12.1. The third-order valence-corrected chi connectivity index (χ3v) is 6.49. The summed E-state index contributed by atoms with van der Waals surface area (Å²) in [6, 6.07) is 16.4. The summed E-state index contributed by atoms with van der Waals surface area (Å²) in [7, 11) is -3.90. The summed E-state index contributed by atoms with van der Waals surface area (Å²) in [5, 5.41) is 3.25. The highest BCUT2D eigenvalue weighted by Crippen LogP contribution is 2.31. The van der Waals surface area contributed by atoms with Gasteiger partial charge in [0.05, 0.1) is 22.9 Å². The molecule has 0 heterocycles. The highest BCUT2D eigenvalue weighted by Gasteiger charge is 2.20. The highest BCUT2D eigenvalue weighted by molar-refractivity contribution is 7.92. The van der Waals surface area contributed by atoms with Gasteiger partial charge in [0.2, 0.25) is 0 Å². The fourth-order valence-corrected chi connectivity index (χ4v) is 4.54. The fraction of sp³-hybridized carbons (Fsp3) is 0.208. The molecule has 0 aliphatic heterocycles. The second-order valence-corrected chi connectivity index (χ2v) is 9.24. The van der Waals surface area contributed by atoms with Gasteiger partial charge in [-0.05, 0) is 73.9 Å². The Morgan fingerprint density at radius 1 is 1.03 bits per heavy atom. The SMILES string of the molecule is CCOc1ccc(S(=O)(=O)Nc2c(C)cccc2CC)cc1NC(=O)c1ccc(Cl)cc1. The third kappa shape index (κ3) is 5.41. The maximum atomic E-state index is 13.2. The number of rotatable bonds is 8. The zero-order chi connectivity index (χ0) is 23.3. The van der Waals surface area contributed by atoms with E-state index in [0.29, 0.717) is 35.1 Å². The van der Waals surface area contributed by atoms with Crippen molar-refractivity contribution in [1.82, 2.24) is 0 Å².